The number of thioether (sulfide) groups is 1. The normalized spacial score (nSPS) is 10.6. The Morgan fingerprint density at radius 3 is 2.72 bits per heavy atom. The Morgan fingerprint density at radius 2 is 1.97 bits per heavy atom. The van der Waals surface area contributed by atoms with Crippen LogP contribution < -0.4 is 10.6 Å². The molecule has 0 bridgehead atoms. The number of nitrogens with zero attached hydrogens (tertiary/aromatic N) is 3. The number of nitrogens with one attached hydrogen (secondary N) is 2. The van der Waals surface area contributed by atoms with Crippen molar-refractivity contribution in [1.29, 1.82) is 0 Å². The van der Waals surface area contributed by atoms with Crippen molar-refractivity contribution in [3.05, 3.63) is 63.2 Å². The number of anilines is 3. The number of nitro benzene ring substituents is 1. The van der Waals surface area contributed by atoms with Crippen LogP contribution in [0.2, 0.25) is 0 Å². The zero-order valence-corrected chi connectivity index (χ0v) is 17.7. The number of hydrogen-bond donors (Lipinski definition) is 2. The summed E-state index contributed by atoms with van der Waals surface area (Å²) in [6.07, 6.45) is 0. The molecule has 150 valence electrons. The molecule has 3 aromatic rings. The first kappa shape index (κ1) is 20.7. The van der Waals surface area contributed by atoms with E-state index in [9.17, 15) is 14.9 Å². The number of carbonyl (C=O) groups is 1. The van der Waals surface area contributed by atoms with Gasteiger partial charge < -0.3 is 10.6 Å². The van der Waals surface area contributed by atoms with Gasteiger partial charge in [0.1, 0.15) is 5.69 Å². The van der Waals surface area contributed by atoms with Crippen molar-refractivity contribution in [2.24, 2.45) is 0 Å². The maximum atomic E-state index is 12.2. The Kier molecular flexibility index (Phi) is 6.45. The molecule has 29 heavy (non-hydrogen) atoms. The summed E-state index contributed by atoms with van der Waals surface area (Å²) in [5.41, 5.74) is 4.08. The van der Waals surface area contributed by atoms with E-state index in [-0.39, 0.29) is 23.0 Å². The van der Waals surface area contributed by atoms with Crippen LogP contribution in [0.25, 0.3) is 0 Å². The maximum absolute atomic E-state index is 12.2. The van der Waals surface area contributed by atoms with Gasteiger partial charge in [-0.05, 0) is 49.6 Å². The molecule has 0 aliphatic heterocycles. The summed E-state index contributed by atoms with van der Waals surface area (Å²) in [4.78, 5) is 22.9. The van der Waals surface area contributed by atoms with Crippen LogP contribution in [0.15, 0.2) is 40.7 Å². The summed E-state index contributed by atoms with van der Waals surface area (Å²) in [7, 11) is 0. The van der Waals surface area contributed by atoms with Gasteiger partial charge in [0.15, 0.2) is 4.34 Å². The van der Waals surface area contributed by atoms with Crippen LogP contribution in [0, 0.1) is 30.9 Å². The summed E-state index contributed by atoms with van der Waals surface area (Å²) in [5.74, 6) is -0.274. The van der Waals surface area contributed by atoms with Gasteiger partial charge in [-0.1, -0.05) is 41.3 Å². The van der Waals surface area contributed by atoms with E-state index in [1.165, 1.54) is 40.8 Å². The third-order valence-electron chi connectivity index (χ3n) is 4.20. The van der Waals surface area contributed by atoms with Gasteiger partial charge in [-0.2, -0.15) is 0 Å². The first-order valence-corrected chi connectivity index (χ1v) is 10.5. The van der Waals surface area contributed by atoms with Gasteiger partial charge in [-0.25, -0.2) is 0 Å². The minimum atomic E-state index is -0.508. The summed E-state index contributed by atoms with van der Waals surface area (Å²) in [5, 5.41) is 25.8. The monoisotopic (exact) mass is 429 g/mol. The van der Waals surface area contributed by atoms with Gasteiger partial charge in [-0.15, -0.1) is 10.2 Å². The molecule has 1 amide bonds. The lowest BCUT2D eigenvalue weighted by Crippen LogP contribution is -2.15. The Labute approximate surface area is 175 Å². The van der Waals surface area contributed by atoms with Crippen molar-refractivity contribution in [2.75, 3.05) is 16.4 Å². The smallest absolute Gasteiger partial charge is 0.293 e. The molecule has 0 fully saturated rings. The second kappa shape index (κ2) is 9.01. The number of aromatic nitrogens is 2. The highest BCUT2D eigenvalue weighted by atomic mass is 32.2. The van der Waals surface area contributed by atoms with Crippen LogP contribution in [-0.2, 0) is 4.79 Å². The Morgan fingerprint density at radius 1 is 1.17 bits per heavy atom. The molecule has 0 saturated heterocycles. The van der Waals surface area contributed by atoms with E-state index in [1.54, 1.807) is 13.0 Å². The van der Waals surface area contributed by atoms with Crippen molar-refractivity contribution in [1.82, 2.24) is 10.2 Å². The molecule has 0 saturated carbocycles. The number of amides is 1. The zero-order chi connectivity index (χ0) is 21.0. The second-order valence-corrected chi connectivity index (χ2v) is 8.56. The number of rotatable bonds is 7. The average Bonchev–Trinajstić information content (AvgIpc) is 3.12. The number of benzene rings is 2. The Balaban J connectivity index is 1.59. The second-order valence-electron chi connectivity index (χ2n) is 6.36. The Hall–Kier alpha value is -2.98. The van der Waals surface area contributed by atoms with Gasteiger partial charge in [0.2, 0.25) is 11.0 Å². The lowest BCUT2D eigenvalue weighted by molar-refractivity contribution is -0.384. The highest BCUT2D eigenvalue weighted by Crippen LogP contribution is 2.30. The van der Waals surface area contributed by atoms with E-state index < -0.39 is 4.92 Å². The fraction of sp³-hybridized carbons (Fsp3) is 0.211. The maximum Gasteiger partial charge on any atom is 0.293 e. The average molecular weight is 430 g/mol. The van der Waals surface area contributed by atoms with Crippen LogP contribution in [-0.4, -0.2) is 26.8 Å². The first-order chi connectivity index (χ1) is 13.8. The molecule has 2 aromatic carbocycles. The molecule has 0 aliphatic carbocycles. The molecule has 0 unspecified atom stereocenters. The molecule has 2 N–H and O–H groups in total. The van der Waals surface area contributed by atoms with Crippen molar-refractivity contribution in [3.8, 4) is 0 Å². The van der Waals surface area contributed by atoms with Gasteiger partial charge in [0.05, 0.1) is 10.7 Å². The fourth-order valence-corrected chi connectivity index (χ4v) is 4.10. The molecule has 0 spiro atoms. The highest BCUT2D eigenvalue weighted by molar-refractivity contribution is 8.01. The van der Waals surface area contributed by atoms with E-state index in [2.05, 4.69) is 20.8 Å². The first-order valence-electron chi connectivity index (χ1n) is 8.68. The third kappa shape index (κ3) is 5.30. The lowest BCUT2D eigenvalue weighted by Gasteiger charge is -2.08. The summed E-state index contributed by atoms with van der Waals surface area (Å²) in [6, 6.07) is 10.7. The minimum absolute atomic E-state index is 0.0726. The molecule has 8 nitrogen and oxygen atoms in total. The zero-order valence-electron chi connectivity index (χ0n) is 16.1. The molecule has 10 heteroatoms. The fourth-order valence-electron chi connectivity index (χ4n) is 2.53. The van der Waals surface area contributed by atoms with E-state index in [4.69, 9.17) is 0 Å². The molecular weight excluding hydrogens is 410 g/mol. The van der Waals surface area contributed by atoms with Crippen LogP contribution >= 0.6 is 23.1 Å². The molecule has 1 heterocycles. The molecular formula is C19H19N5O3S2. The SMILES string of the molecule is Cc1ccc(NC(=O)CSc2nnc(Nc3cccc(C)c3C)s2)c([N+](=O)[O-])c1. The van der Waals surface area contributed by atoms with E-state index in [0.717, 1.165) is 16.8 Å². The highest BCUT2D eigenvalue weighted by Gasteiger charge is 2.16. The number of nitro groups is 1. The lowest BCUT2D eigenvalue weighted by atomic mass is 10.1. The summed E-state index contributed by atoms with van der Waals surface area (Å²) < 4.78 is 0.631. The predicted molar refractivity (Wildman–Crippen MR) is 116 cm³/mol. The summed E-state index contributed by atoms with van der Waals surface area (Å²) in [6.45, 7) is 5.83. The Bertz CT molecular complexity index is 1070. The molecule has 3 rings (SSSR count). The van der Waals surface area contributed by atoms with Crippen LogP contribution in [0.1, 0.15) is 16.7 Å². The minimum Gasteiger partial charge on any atom is -0.330 e. The van der Waals surface area contributed by atoms with Crippen molar-refractivity contribution < 1.29 is 9.72 Å². The molecule has 0 atom stereocenters. The topological polar surface area (TPSA) is 110 Å². The van der Waals surface area contributed by atoms with E-state index in [1.807, 2.05) is 32.0 Å². The third-order valence-corrected chi connectivity index (χ3v) is 6.18. The van der Waals surface area contributed by atoms with Crippen LogP contribution in [0.4, 0.5) is 22.2 Å². The van der Waals surface area contributed by atoms with Crippen LogP contribution in [0.5, 0.6) is 0 Å². The van der Waals surface area contributed by atoms with Gasteiger partial charge in [-0.3, -0.25) is 14.9 Å². The largest absolute Gasteiger partial charge is 0.330 e. The molecule has 0 aliphatic rings. The van der Waals surface area contributed by atoms with E-state index >= 15 is 0 Å². The van der Waals surface area contributed by atoms with E-state index in [0.29, 0.717) is 9.47 Å². The van der Waals surface area contributed by atoms with Gasteiger partial charge in [0, 0.05) is 11.8 Å². The van der Waals surface area contributed by atoms with Crippen LogP contribution in [0.3, 0.4) is 0 Å². The summed E-state index contributed by atoms with van der Waals surface area (Å²) >= 11 is 2.57. The number of hydrogen-bond acceptors (Lipinski definition) is 8. The van der Waals surface area contributed by atoms with Crippen molar-refractivity contribution in [2.45, 2.75) is 25.1 Å². The standard InChI is InChI=1S/C19H19N5O3S2/c1-11-7-8-15(16(9-11)24(26)27)20-17(25)10-28-19-23-22-18(29-19)21-14-6-4-5-12(2)13(14)3/h4-9H,10H2,1-3H3,(H,20,25)(H,21,22). The van der Waals surface area contributed by atoms with Crippen molar-refractivity contribution >= 4 is 51.2 Å². The number of aryl methyl sites for hydroxylation is 2. The van der Waals surface area contributed by atoms with Crippen molar-refractivity contribution in [3.63, 3.8) is 0 Å². The predicted octanol–water partition coefficient (Wildman–Crippen LogP) is 4.85. The quantitative estimate of drug-likeness (QED) is 0.314. The van der Waals surface area contributed by atoms with Gasteiger partial charge in [0.25, 0.3) is 5.69 Å². The molecule has 1 aromatic heterocycles. The van der Waals surface area contributed by atoms with Gasteiger partial charge >= 0.3 is 0 Å². The molecule has 0 radical (unpaired) electrons. The number of carbonyl (C=O) groups excluding carboxylic acids is 1.